The molecule has 0 spiro atoms. The van der Waals surface area contributed by atoms with Crippen LogP contribution in [0.25, 0.3) is 5.70 Å². The van der Waals surface area contributed by atoms with Crippen LogP contribution in [0.4, 0.5) is 0 Å². The summed E-state index contributed by atoms with van der Waals surface area (Å²) in [7, 11) is 0. The molecule has 2 aliphatic heterocycles. The van der Waals surface area contributed by atoms with Crippen LogP contribution in [0.3, 0.4) is 0 Å². The Bertz CT molecular complexity index is 986. The van der Waals surface area contributed by atoms with Crippen LogP contribution >= 0.6 is 11.8 Å². The molecule has 1 aromatic heterocycles. The predicted molar refractivity (Wildman–Crippen MR) is 97.7 cm³/mol. The summed E-state index contributed by atoms with van der Waals surface area (Å²) in [6.45, 7) is 3.71. The van der Waals surface area contributed by atoms with Crippen molar-refractivity contribution in [2.45, 2.75) is 6.17 Å². The largest absolute Gasteiger partial charge is 0.298 e. The number of amidine groups is 1. The van der Waals surface area contributed by atoms with Gasteiger partial charge in [-0.05, 0) is 18.2 Å². The van der Waals surface area contributed by atoms with E-state index < -0.39 is 6.17 Å². The van der Waals surface area contributed by atoms with Crippen LogP contribution in [0.1, 0.15) is 11.7 Å². The van der Waals surface area contributed by atoms with E-state index in [0.717, 1.165) is 16.1 Å². The first-order valence-electron chi connectivity index (χ1n) is 7.78. The molecular weight excluding hydrogens is 334 g/mol. The Kier molecular flexibility index (Phi) is 4.07. The summed E-state index contributed by atoms with van der Waals surface area (Å²) in [5.74, 6) is 0.485. The van der Waals surface area contributed by atoms with E-state index in [9.17, 15) is 4.79 Å². The van der Waals surface area contributed by atoms with Gasteiger partial charge in [0.2, 0.25) is 0 Å². The van der Waals surface area contributed by atoms with Crippen molar-refractivity contribution in [2.24, 2.45) is 10.1 Å². The lowest BCUT2D eigenvalue weighted by Gasteiger charge is -2.33. The second-order valence-corrected chi connectivity index (χ2v) is 6.46. The van der Waals surface area contributed by atoms with Crippen molar-refractivity contribution in [3.8, 4) is 0 Å². The molecule has 0 aliphatic carbocycles. The van der Waals surface area contributed by atoms with Gasteiger partial charge in [0, 0.05) is 28.9 Å². The Morgan fingerprint density at radius 2 is 2.04 bits per heavy atom. The summed E-state index contributed by atoms with van der Waals surface area (Å²) in [4.78, 5) is 21.6. The van der Waals surface area contributed by atoms with Crippen molar-refractivity contribution in [1.29, 1.82) is 0 Å². The number of nitrogens with zero attached hydrogens (tertiary/aromatic N) is 4. The zero-order valence-corrected chi connectivity index (χ0v) is 14.1. The molecule has 1 unspecified atom stereocenters. The third kappa shape index (κ3) is 2.83. The normalized spacial score (nSPS) is 18.5. The van der Waals surface area contributed by atoms with Crippen LogP contribution in [0.15, 0.2) is 71.5 Å². The van der Waals surface area contributed by atoms with Gasteiger partial charge in [-0.2, -0.15) is 0 Å². The Morgan fingerprint density at radius 3 is 2.84 bits per heavy atom. The van der Waals surface area contributed by atoms with Gasteiger partial charge < -0.3 is 0 Å². The van der Waals surface area contributed by atoms with Crippen LogP contribution in [-0.2, 0) is 4.79 Å². The van der Waals surface area contributed by atoms with Gasteiger partial charge in [-0.1, -0.05) is 36.0 Å². The molecule has 1 N–H and O–H groups in total. The number of pyridine rings is 1. The Hall–Kier alpha value is -2.93. The minimum atomic E-state index is -0.404. The minimum absolute atomic E-state index is 0.178. The van der Waals surface area contributed by atoms with E-state index in [2.05, 4.69) is 22.0 Å². The maximum atomic E-state index is 12.8. The Labute approximate surface area is 148 Å². The molecule has 3 heterocycles. The van der Waals surface area contributed by atoms with Crippen molar-refractivity contribution >= 4 is 28.5 Å². The summed E-state index contributed by atoms with van der Waals surface area (Å²) >= 11 is 1.43. The standard InChI is InChI=1S/C18H15N5OS/c1-2-11-25-18-21-17(24)15-13-5-3-4-6-14(13)20-16(23(15)22-18)12-7-9-19-10-8-12/h2-10,16H,1,11H2,(H,21,22,24). The van der Waals surface area contributed by atoms with Gasteiger partial charge in [0.05, 0.1) is 5.36 Å². The van der Waals surface area contributed by atoms with Crippen molar-refractivity contribution in [2.75, 3.05) is 5.75 Å². The van der Waals surface area contributed by atoms with Gasteiger partial charge in [0.25, 0.3) is 5.91 Å². The van der Waals surface area contributed by atoms with Crippen molar-refractivity contribution in [1.82, 2.24) is 15.3 Å². The van der Waals surface area contributed by atoms with Crippen LogP contribution in [0.5, 0.6) is 0 Å². The molecule has 2 aromatic rings. The first kappa shape index (κ1) is 15.6. The number of amides is 1. The molecule has 1 amide bonds. The maximum Gasteiger partial charge on any atom is 0.276 e. The molecule has 6 nitrogen and oxygen atoms in total. The fourth-order valence-electron chi connectivity index (χ4n) is 2.78. The van der Waals surface area contributed by atoms with E-state index >= 15 is 0 Å². The highest BCUT2D eigenvalue weighted by atomic mass is 32.2. The number of hydrazone groups is 1. The molecule has 0 radical (unpaired) electrons. The fourth-order valence-corrected chi connectivity index (χ4v) is 3.37. The van der Waals surface area contributed by atoms with Gasteiger partial charge in [0.1, 0.15) is 5.70 Å². The lowest BCUT2D eigenvalue weighted by atomic mass is 10.1. The Morgan fingerprint density at radius 1 is 1.24 bits per heavy atom. The van der Waals surface area contributed by atoms with Gasteiger partial charge in [-0.25, -0.2) is 5.01 Å². The Balaban J connectivity index is 1.91. The van der Waals surface area contributed by atoms with Crippen LogP contribution in [0, 0.1) is 0 Å². The number of benzene rings is 1. The molecule has 0 saturated heterocycles. The lowest BCUT2D eigenvalue weighted by Crippen LogP contribution is -2.50. The lowest BCUT2D eigenvalue weighted by molar-refractivity contribution is -0.116. The number of carbonyl (C=O) groups is 1. The van der Waals surface area contributed by atoms with Crippen LogP contribution < -0.4 is 15.9 Å². The number of rotatable bonds is 3. The SMILES string of the molecule is C=CCSC1=NN2C(=c3ccccc3=NC2c2ccncc2)C(=O)N1. The van der Waals surface area contributed by atoms with E-state index in [4.69, 9.17) is 4.99 Å². The van der Waals surface area contributed by atoms with Crippen molar-refractivity contribution in [3.05, 3.63) is 77.6 Å². The highest BCUT2D eigenvalue weighted by Gasteiger charge is 2.34. The maximum absolute atomic E-state index is 12.8. The topological polar surface area (TPSA) is 70.0 Å². The second-order valence-electron chi connectivity index (χ2n) is 5.45. The van der Waals surface area contributed by atoms with Crippen LogP contribution in [-0.4, -0.2) is 26.8 Å². The fraction of sp³-hybridized carbons (Fsp3) is 0.111. The quantitative estimate of drug-likeness (QED) is 0.844. The first-order valence-corrected chi connectivity index (χ1v) is 8.76. The van der Waals surface area contributed by atoms with Gasteiger partial charge in [0.15, 0.2) is 11.3 Å². The van der Waals surface area contributed by atoms with E-state index in [1.165, 1.54) is 11.8 Å². The number of carbonyl (C=O) groups excluding carboxylic acids is 1. The summed E-state index contributed by atoms with van der Waals surface area (Å²) in [5, 5.41) is 11.3. The number of hydrogen-bond acceptors (Lipinski definition) is 6. The number of aromatic nitrogens is 1. The zero-order chi connectivity index (χ0) is 17.2. The smallest absolute Gasteiger partial charge is 0.276 e. The van der Waals surface area contributed by atoms with Gasteiger partial charge in [-0.15, -0.1) is 11.7 Å². The van der Waals surface area contributed by atoms with Gasteiger partial charge >= 0.3 is 0 Å². The average molecular weight is 349 g/mol. The summed E-state index contributed by atoms with van der Waals surface area (Å²) in [6.07, 6.45) is 4.80. The van der Waals surface area contributed by atoms with Gasteiger partial charge in [-0.3, -0.25) is 20.1 Å². The van der Waals surface area contributed by atoms with Crippen molar-refractivity contribution < 1.29 is 4.79 Å². The molecule has 25 heavy (non-hydrogen) atoms. The molecule has 1 aromatic carbocycles. The van der Waals surface area contributed by atoms with E-state index in [0.29, 0.717) is 16.6 Å². The third-order valence-corrected chi connectivity index (χ3v) is 4.72. The average Bonchev–Trinajstić information content (AvgIpc) is 2.66. The van der Waals surface area contributed by atoms with Crippen molar-refractivity contribution in [3.63, 3.8) is 0 Å². The summed E-state index contributed by atoms with van der Waals surface area (Å²) in [6, 6.07) is 11.4. The number of nitrogens with one attached hydrogen (secondary N) is 1. The molecular formula is C18H15N5OS. The molecule has 1 atom stereocenters. The molecule has 7 heteroatoms. The number of para-hydroxylation sites is 1. The number of hydrogen-bond donors (Lipinski definition) is 1. The predicted octanol–water partition coefficient (Wildman–Crippen LogP) is 1.14. The molecule has 4 rings (SSSR count). The number of thioether (sulfide) groups is 1. The molecule has 2 aliphatic rings. The first-order chi connectivity index (χ1) is 12.3. The highest BCUT2D eigenvalue weighted by molar-refractivity contribution is 8.14. The zero-order valence-electron chi connectivity index (χ0n) is 13.3. The highest BCUT2D eigenvalue weighted by Crippen LogP contribution is 2.30. The molecule has 0 fully saturated rings. The second kappa shape index (κ2) is 6.52. The van der Waals surface area contributed by atoms with E-state index in [1.807, 2.05) is 36.4 Å². The number of fused-ring (bicyclic) bond motifs is 2. The summed E-state index contributed by atoms with van der Waals surface area (Å²) < 4.78 is 0. The van der Waals surface area contributed by atoms with Crippen LogP contribution in [0.2, 0.25) is 0 Å². The summed E-state index contributed by atoms with van der Waals surface area (Å²) in [5.41, 5.74) is 1.43. The minimum Gasteiger partial charge on any atom is -0.298 e. The third-order valence-electron chi connectivity index (χ3n) is 3.86. The molecule has 0 saturated carbocycles. The van der Waals surface area contributed by atoms with E-state index in [1.54, 1.807) is 23.5 Å². The molecule has 124 valence electrons. The van der Waals surface area contributed by atoms with E-state index in [-0.39, 0.29) is 5.91 Å². The monoisotopic (exact) mass is 349 g/mol. The molecule has 0 bridgehead atoms.